The second kappa shape index (κ2) is 4.84. The molecule has 2 aromatic rings. The summed E-state index contributed by atoms with van der Waals surface area (Å²) in [5.74, 6) is -7.40. The van der Waals surface area contributed by atoms with Gasteiger partial charge in [-0.05, 0) is 60.6 Å². The molecule has 0 heterocycles. The highest BCUT2D eigenvalue weighted by atomic mass is 19.3. The predicted molar refractivity (Wildman–Crippen MR) is 81.7 cm³/mol. The molecule has 25 heavy (non-hydrogen) atoms. The first-order valence-corrected chi connectivity index (χ1v) is 7.86. The molecule has 6 heteroatoms. The molecular weight excluding hydrogens is 336 g/mol. The third kappa shape index (κ3) is 2.06. The van der Waals surface area contributed by atoms with E-state index in [0.29, 0.717) is 12.1 Å². The van der Waals surface area contributed by atoms with Crippen LogP contribution in [0.5, 0.6) is 5.75 Å². The van der Waals surface area contributed by atoms with Crippen molar-refractivity contribution in [3.63, 3.8) is 0 Å². The van der Waals surface area contributed by atoms with Gasteiger partial charge in [-0.25, -0.2) is 8.78 Å². The zero-order valence-electron chi connectivity index (χ0n) is 13.0. The number of hydrogen-bond donors (Lipinski definition) is 1. The van der Waals surface area contributed by atoms with Crippen molar-refractivity contribution in [3.05, 3.63) is 65.2 Å². The van der Waals surface area contributed by atoms with E-state index in [-0.39, 0.29) is 25.0 Å². The number of phenols is 1. The Labute approximate surface area is 141 Å². The first kappa shape index (κ1) is 16.1. The third-order valence-electron chi connectivity index (χ3n) is 5.63. The Morgan fingerprint density at radius 1 is 1.00 bits per heavy atom. The SMILES string of the molecule is O=C(c1cc(F)ccc1F)C(F)(F)C12CC(c3ccc(O)cc3)(C1)C2. The minimum Gasteiger partial charge on any atom is -0.508 e. The van der Waals surface area contributed by atoms with E-state index in [0.717, 1.165) is 11.6 Å². The lowest BCUT2D eigenvalue weighted by Gasteiger charge is -2.72. The van der Waals surface area contributed by atoms with Gasteiger partial charge >= 0.3 is 5.92 Å². The highest BCUT2D eigenvalue weighted by Gasteiger charge is 2.79. The molecule has 3 aliphatic rings. The van der Waals surface area contributed by atoms with Gasteiger partial charge in [0, 0.05) is 5.41 Å². The van der Waals surface area contributed by atoms with E-state index < -0.39 is 39.7 Å². The fourth-order valence-electron chi connectivity index (χ4n) is 4.32. The first-order chi connectivity index (χ1) is 11.7. The Bertz CT molecular complexity index is 854. The van der Waals surface area contributed by atoms with Gasteiger partial charge in [0.1, 0.15) is 17.4 Å². The molecular formula is C19H14F4O2. The average Bonchev–Trinajstić information content (AvgIpc) is 2.48. The molecule has 1 N–H and O–H groups in total. The molecule has 0 unspecified atom stereocenters. The van der Waals surface area contributed by atoms with Crippen molar-refractivity contribution in [2.75, 3.05) is 0 Å². The van der Waals surface area contributed by atoms with E-state index in [1.807, 2.05) is 0 Å². The van der Waals surface area contributed by atoms with Gasteiger partial charge < -0.3 is 5.11 Å². The highest BCUT2D eigenvalue weighted by molar-refractivity contribution is 6.02. The quantitative estimate of drug-likeness (QED) is 0.646. The lowest BCUT2D eigenvalue weighted by molar-refractivity contribution is -0.256. The van der Waals surface area contributed by atoms with E-state index in [9.17, 15) is 27.5 Å². The Morgan fingerprint density at radius 3 is 2.20 bits per heavy atom. The minimum atomic E-state index is -3.75. The monoisotopic (exact) mass is 350 g/mol. The van der Waals surface area contributed by atoms with E-state index >= 15 is 0 Å². The molecule has 0 amide bonds. The van der Waals surface area contributed by atoms with Crippen LogP contribution >= 0.6 is 0 Å². The fourth-order valence-corrected chi connectivity index (χ4v) is 4.32. The van der Waals surface area contributed by atoms with Crippen molar-refractivity contribution in [1.82, 2.24) is 0 Å². The Kier molecular flexibility index (Phi) is 3.12. The minimum absolute atomic E-state index is 0.0900. The molecule has 2 nitrogen and oxygen atoms in total. The maximum atomic E-state index is 14.8. The van der Waals surface area contributed by atoms with Gasteiger partial charge in [0.25, 0.3) is 0 Å². The van der Waals surface area contributed by atoms with Crippen LogP contribution in [0.3, 0.4) is 0 Å². The van der Waals surface area contributed by atoms with Crippen molar-refractivity contribution < 1.29 is 27.5 Å². The summed E-state index contributed by atoms with van der Waals surface area (Å²) < 4.78 is 56.4. The summed E-state index contributed by atoms with van der Waals surface area (Å²) in [6.45, 7) is 0. The number of benzene rings is 2. The average molecular weight is 350 g/mol. The molecule has 2 aromatic carbocycles. The van der Waals surface area contributed by atoms with E-state index in [1.165, 1.54) is 12.1 Å². The zero-order valence-corrected chi connectivity index (χ0v) is 13.0. The van der Waals surface area contributed by atoms with Crippen molar-refractivity contribution in [1.29, 1.82) is 0 Å². The van der Waals surface area contributed by atoms with Gasteiger partial charge in [-0.15, -0.1) is 0 Å². The van der Waals surface area contributed by atoms with Crippen LogP contribution in [0.1, 0.15) is 35.2 Å². The highest BCUT2D eigenvalue weighted by Crippen LogP contribution is 2.78. The van der Waals surface area contributed by atoms with Crippen LogP contribution in [0.15, 0.2) is 42.5 Å². The Morgan fingerprint density at radius 2 is 1.60 bits per heavy atom. The molecule has 3 saturated carbocycles. The summed E-state index contributed by atoms with van der Waals surface area (Å²) in [6, 6.07) is 8.34. The number of halogens is 4. The van der Waals surface area contributed by atoms with Crippen LogP contribution in [0.25, 0.3) is 0 Å². The van der Waals surface area contributed by atoms with Crippen LogP contribution in [0.2, 0.25) is 0 Å². The predicted octanol–water partition coefficient (Wildman–Crippen LogP) is 4.61. The van der Waals surface area contributed by atoms with Crippen LogP contribution in [-0.4, -0.2) is 16.8 Å². The van der Waals surface area contributed by atoms with E-state index in [4.69, 9.17) is 0 Å². The topological polar surface area (TPSA) is 37.3 Å². The maximum absolute atomic E-state index is 14.8. The van der Waals surface area contributed by atoms with Crippen LogP contribution in [0.4, 0.5) is 17.6 Å². The number of hydrogen-bond acceptors (Lipinski definition) is 2. The molecule has 0 saturated heterocycles. The van der Waals surface area contributed by atoms with Crippen LogP contribution < -0.4 is 0 Å². The largest absolute Gasteiger partial charge is 0.508 e. The van der Waals surface area contributed by atoms with E-state index in [2.05, 4.69) is 0 Å². The van der Waals surface area contributed by atoms with Gasteiger partial charge in [0.05, 0.1) is 5.56 Å². The fraction of sp³-hybridized carbons (Fsp3) is 0.316. The van der Waals surface area contributed by atoms with Gasteiger partial charge in [0.15, 0.2) is 0 Å². The molecule has 0 atom stereocenters. The van der Waals surface area contributed by atoms with Crippen molar-refractivity contribution in [2.24, 2.45) is 5.41 Å². The molecule has 2 bridgehead atoms. The third-order valence-corrected chi connectivity index (χ3v) is 5.63. The Balaban J connectivity index is 1.58. The van der Waals surface area contributed by atoms with Gasteiger partial charge in [-0.2, -0.15) is 8.78 Å². The number of carbonyl (C=O) groups excluding carboxylic acids is 1. The number of aromatic hydroxyl groups is 1. The summed E-state index contributed by atoms with van der Waals surface area (Å²) in [5, 5.41) is 9.32. The maximum Gasteiger partial charge on any atom is 0.315 e. The van der Waals surface area contributed by atoms with Crippen molar-refractivity contribution >= 4 is 5.78 Å². The van der Waals surface area contributed by atoms with Crippen molar-refractivity contribution in [2.45, 2.75) is 30.6 Å². The lowest BCUT2D eigenvalue weighted by Crippen LogP contribution is -2.73. The second-order valence-electron chi connectivity index (χ2n) is 7.17. The summed E-state index contributed by atoms with van der Waals surface area (Å²) in [4.78, 5) is 12.2. The molecule has 130 valence electrons. The Hall–Kier alpha value is -2.37. The summed E-state index contributed by atoms with van der Waals surface area (Å²) in [7, 11) is 0. The molecule has 5 rings (SSSR count). The number of phenolic OH excluding ortho intramolecular Hbond substituents is 1. The summed E-state index contributed by atoms with van der Waals surface area (Å²) in [6.07, 6.45) is 0.335. The lowest BCUT2D eigenvalue weighted by atomic mass is 9.31. The molecule has 0 radical (unpaired) electrons. The zero-order chi connectivity index (χ0) is 18.0. The van der Waals surface area contributed by atoms with Crippen LogP contribution in [0, 0.1) is 17.0 Å². The van der Waals surface area contributed by atoms with Crippen LogP contribution in [-0.2, 0) is 5.41 Å². The first-order valence-electron chi connectivity index (χ1n) is 7.86. The van der Waals surface area contributed by atoms with Gasteiger partial charge in [-0.3, -0.25) is 4.79 Å². The van der Waals surface area contributed by atoms with Gasteiger partial charge in [-0.1, -0.05) is 12.1 Å². The molecule has 0 aromatic heterocycles. The number of Topliss-reactive ketones (excluding diaryl/α,β-unsaturated/α-hetero) is 1. The number of ketones is 1. The number of rotatable bonds is 4. The smallest absolute Gasteiger partial charge is 0.315 e. The standard InChI is InChI=1S/C19H14F4O2/c20-12-3-6-15(21)14(7-12)16(25)19(22,23)18-8-17(9-18,10-18)11-1-4-13(24)5-2-11/h1-7,24H,8-10H2. The number of alkyl halides is 2. The molecule has 0 spiro atoms. The normalized spacial score (nSPS) is 27.4. The van der Waals surface area contributed by atoms with Gasteiger partial charge in [0.2, 0.25) is 5.78 Å². The molecule has 0 aliphatic heterocycles. The molecule has 3 fully saturated rings. The molecule has 3 aliphatic carbocycles. The van der Waals surface area contributed by atoms with Crippen molar-refractivity contribution in [3.8, 4) is 5.75 Å². The second-order valence-corrected chi connectivity index (χ2v) is 7.17. The van der Waals surface area contributed by atoms with E-state index in [1.54, 1.807) is 12.1 Å². The number of carbonyl (C=O) groups is 1. The summed E-state index contributed by atoms with van der Waals surface area (Å²) in [5.41, 5.74) is -1.99. The summed E-state index contributed by atoms with van der Waals surface area (Å²) >= 11 is 0.